The van der Waals surface area contributed by atoms with Gasteiger partial charge in [0.1, 0.15) is 5.82 Å². The number of anilines is 1. The average Bonchev–Trinajstić information content (AvgIpc) is 2.77. The maximum Gasteiger partial charge on any atom is 0.401 e. The molecule has 8 nitrogen and oxygen atoms in total. The van der Waals surface area contributed by atoms with Gasteiger partial charge in [-0.3, -0.25) is 9.69 Å². The number of halogens is 3. The van der Waals surface area contributed by atoms with Crippen molar-refractivity contribution in [1.29, 1.82) is 0 Å². The van der Waals surface area contributed by atoms with Crippen LogP contribution >= 0.6 is 0 Å². The summed E-state index contributed by atoms with van der Waals surface area (Å²) in [7, 11) is -3.66. The first-order valence-electron chi connectivity index (χ1n) is 10.3. The zero-order valence-electron chi connectivity index (χ0n) is 17.8. The molecule has 0 aliphatic carbocycles. The van der Waals surface area contributed by atoms with Gasteiger partial charge in [-0.1, -0.05) is 12.1 Å². The van der Waals surface area contributed by atoms with Crippen LogP contribution in [0.15, 0.2) is 41.4 Å². The number of nitrogen functional groups attached to an aromatic ring is 1. The van der Waals surface area contributed by atoms with Gasteiger partial charge in [-0.2, -0.15) is 13.2 Å². The lowest BCUT2D eigenvalue weighted by Gasteiger charge is -2.32. The van der Waals surface area contributed by atoms with Gasteiger partial charge < -0.3 is 16.8 Å². The third kappa shape index (κ3) is 6.42. The number of piperidine rings is 1. The van der Waals surface area contributed by atoms with Crippen LogP contribution in [0.4, 0.5) is 19.0 Å². The molecule has 0 unspecified atom stereocenters. The van der Waals surface area contributed by atoms with E-state index in [0.29, 0.717) is 16.7 Å². The molecule has 0 atom stereocenters. The Bertz CT molecular complexity index is 1080. The predicted molar refractivity (Wildman–Crippen MR) is 117 cm³/mol. The van der Waals surface area contributed by atoms with Gasteiger partial charge in [0.25, 0.3) is 5.91 Å². The molecule has 0 spiro atoms. The molecule has 1 aliphatic rings. The van der Waals surface area contributed by atoms with Crippen LogP contribution in [0.5, 0.6) is 0 Å². The van der Waals surface area contributed by atoms with Crippen LogP contribution in [0.25, 0.3) is 0 Å². The molecule has 1 fully saturated rings. The van der Waals surface area contributed by atoms with Gasteiger partial charge in [0, 0.05) is 24.8 Å². The number of benzene rings is 1. The van der Waals surface area contributed by atoms with Gasteiger partial charge in [0.05, 0.1) is 22.3 Å². The van der Waals surface area contributed by atoms with Gasteiger partial charge in [-0.05, 0) is 49.7 Å². The fourth-order valence-electron chi connectivity index (χ4n) is 3.71. The molecule has 180 valence electrons. The lowest BCUT2D eigenvalue weighted by Crippen LogP contribution is -2.43. The van der Waals surface area contributed by atoms with Crippen molar-refractivity contribution in [2.45, 2.75) is 42.3 Å². The summed E-state index contributed by atoms with van der Waals surface area (Å²) < 4.78 is 63.4. The highest BCUT2D eigenvalue weighted by Gasteiger charge is 2.36. The number of hydrogen-bond donors (Lipinski definition) is 3. The van der Waals surface area contributed by atoms with Gasteiger partial charge >= 0.3 is 6.18 Å². The number of carbonyl (C=O) groups excluding carboxylic acids is 1. The number of hydrogen-bond acceptors (Lipinski definition) is 7. The summed E-state index contributed by atoms with van der Waals surface area (Å²) in [6.45, 7) is -0.548. The van der Waals surface area contributed by atoms with E-state index in [1.165, 1.54) is 23.2 Å². The number of aromatic nitrogens is 1. The van der Waals surface area contributed by atoms with E-state index in [2.05, 4.69) is 10.3 Å². The number of rotatable bonds is 7. The first kappa shape index (κ1) is 24.9. The number of likely N-dealkylation sites (tertiary alicyclic amines) is 1. The smallest absolute Gasteiger partial charge is 0.383 e. The Morgan fingerprint density at radius 2 is 1.82 bits per heavy atom. The zero-order valence-corrected chi connectivity index (χ0v) is 18.6. The lowest BCUT2D eigenvalue weighted by atomic mass is 10.1. The highest BCUT2D eigenvalue weighted by Crippen LogP contribution is 2.27. The Labute approximate surface area is 190 Å². The second-order valence-corrected chi connectivity index (χ2v) is 10.2. The summed E-state index contributed by atoms with van der Waals surface area (Å²) in [5, 5.41) is 2.00. The maximum absolute atomic E-state index is 12.9. The van der Waals surface area contributed by atoms with E-state index in [4.69, 9.17) is 11.5 Å². The fourth-order valence-corrected chi connectivity index (χ4v) is 5.45. The van der Waals surface area contributed by atoms with E-state index in [1.54, 1.807) is 18.2 Å². The molecule has 5 N–H and O–H groups in total. The Morgan fingerprint density at radius 3 is 2.39 bits per heavy atom. The Balaban J connectivity index is 1.58. The molecule has 2 heterocycles. The van der Waals surface area contributed by atoms with Crippen LogP contribution in [-0.2, 0) is 22.9 Å². The van der Waals surface area contributed by atoms with E-state index in [9.17, 15) is 26.4 Å². The molecular formula is C21H26F3N5O3S. The number of nitrogens with two attached hydrogens (primary N) is 2. The van der Waals surface area contributed by atoms with Crippen molar-refractivity contribution in [1.82, 2.24) is 15.2 Å². The molecular weight excluding hydrogens is 459 g/mol. The minimum atomic E-state index is -4.30. The number of pyridine rings is 1. The van der Waals surface area contributed by atoms with E-state index < -0.39 is 27.8 Å². The minimum absolute atomic E-state index is 0.0827. The van der Waals surface area contributed by atoms with E-state index >= 15 is 0 Å². The largest absolute Gasteiger partial charge is 0.401 e. The van der Waals surface area contributed by atoms with Crippen LogP contribution in [0.3, 0.4) is 0 Å². The van der Waals surface area contributed by atoms with Crippen LogP contribution in [0, 0.1) is 0 Å². The molecule has 2 aromatic rings. The maximum atomic E-state index is 12.9. The standard InChI is InChI=1S/C21H26F3N5O3S/c22-21(23,24)13-29-7-5-18(6-8-29)33(31,32)17-3-1-14(2-4-17)11-28-20(30)16-9-15(10-25)19(26)27-12-16/h1-4,9,12,18H,5-8,10-11,13,25H2,(H2,26,27)(H,28,30). The topological polar surface area (TPSA) is 131 Å². The summed E-state index contributed by atoms with van der Waals surface area (Å²) >= 11 is 0. The highest BCUT2D eigenvalue weighted by molar-refractivity contribution is 7.92. The van der Waals surface area contributed by atoms with E-state index in [1.807, 2.05) is 0 Å². The van der Waals surface area contributed by atoms with Crippen molar-refractivity contribution in [2.75, 3.05) is 25.4 Å². The van der Waals surface area contributed by atoms with E-state index in [0.717, 1.165) is 0 Å². The summed E-state index contributed by atoms with van der Waals surface area (Å²) in [4.78, 5) is 17.6. The summed E-state index contributed by atoms with van der Waals surface area (Å²) in [5.41, 5.74) is 12.8. The molecule has 0 saturated carbocycles. The first-order valence-corrected chi connectivity index (χ1v) is 11.9. The van der Waals surface area contributed by atoms with Gasteiger partial charge in [0.2, 0.25) is 0 Å². The van der Waals surface area contributed by atoms with Gasteiger partial charge in [-0.25, -0.2) is 13.4 Å². The van der Waals surface area contributed by atoms with Gasteiger partial charge in [-0.15, -0.1) is 0 Å². The highest BCUT2D eigenvalue weighted by atomic mass is 32.2. The van der Waals surface area contributed by atoms with Crippen molar-refractivity contribution < 1.29 is 26.4 Å². The number of carbonyl (C=O) groups is 1. The predicted octanol–water partition coefficient (Wildman–Crippen LogP) is 1.85. The lowest BCUT2D eigenvalue weighted by molar-refractivity contribution is -0.147. The quantitative estimate of drug-likeness (QED) is 0.545. The molecule has 0 radical (unpaired) electrons. The number of nitrogens with zero attached hydrogens (tertiary/aromatic N) is 2. The Morgan fingerprint density at radius 1 is 1.18 bits per heavy atom. The molecule has 0 bridgehead atoms. The van der Waals surface area contributed by atoms with Crippen molar-refractivity contribution in [3.8, 4) is 0 Å². The van der Waals surface area contributed by atoms with Crippen LogP contribution in [0.1, 0.15) is 34.3 Å². The van der Waals surface area contributed by atoms with Gasteiger partial charge in [0.15, 0.2) is 9.84 Å². The second kappa shape index (κ2) is 10.1. The van der Waals surface area contributed by atoms with Crippen molar-refractivity contribution in [2.24, 2.45) is 5.73 Å². The number of sulfone groups is 1. The van der Waals surface area contributed by atoms with Crippen LogP contribution in [0.2, 0.25) is 0 Å². The molecule has 1 saturated heterocycles. The average molecular weight is 486 g/mol. The van der Waals surface area contributed by atoms with Crippen LogP contribution < -0.4 is 16.8 Å². The number of nitrogens with one attached hydrogen (secondary N) is 1. The van der Waals surface area contributed by atoms with Crippen molar-refractivity contribution >= 4 is 21.6 Å². The fraction of sp³-hybridized carbons (Fsp3) is 0.429. The molecule has 1 amide bonds. The summed E-state index contributed by atoms with van der Waals surface area (Å²) in [6.07, 6.45) is -2.65. The number of amides is 1. The second-order valence-electron chi connectivity index (χ2n) is 7.93. The number of alkyl halides is 3. The zero-order chi connectivity index (χ0) is 24.2. The normalized spacial score (nSPS) is 16.0. The molecule has 12 heteroatoms. The molecule has 1 aliphatic heterocycles. The summed E-state index contributed by atoms with van der Waals surface area (Å²) in [6, 6.07) is 7.66. The summed E-state index contributed by atoms with van der Waals surface area (Å²) in [5.74, 6) is -0.114. The Hall–Kier alpha value is -2.70. The third-order valence-corrected chi connectivity index (χ3v) is 7.84. The molecule has 1 aromatic carbocycles. The van der Waals surface area contributed by atoms with Crippen molar-refractivity contribution in [3.05, 3.63) is 53.2 Å². The SMILES string of the molecule is NCc1cc(C(=O)NCc2ccc(S(=O)(=O)C3CCN(CC(F)(F)F)CC3)cc2)cnc1N. The van der Waals surface area contributed by atoms with E-state index in [-0.39, 0.29) is 55.6 Å². The molecule has 3 rings (SSSR count). The van der Waals surface area contributed by atoms with Crippen LogP contribution in [-0.4, -0.2) is 55.3 Å². The first-order chi connectivity index (χ1) is 15.5. The molecule has 33 heavy (non-hydrogen) atoms. The molecule has 1 aromatic heterocycles. The monoisotopic (exact) mass is 485 g/mol. The minimum Gasteiger partial charge on any atom is -0.383 e. The van der Waals surface area contributed by atoms with Crippen molar-refractivity contribution in [3.63, 3.8) is 0 Å². The third-order valence-electron chi connectivity index (χ3n) is 5.56. The Kier molecular flexibility index (Phi) is 7.60.